The molecule has 1 aliphatic carbocycles. The summed E-state index contributed by atoms with van der Waals surface area (Å²) in [5.74, 6) is 0.532. The fraction of sp³-hybridized carbons (Fsp3) is 0.857. The number of likely N-dealkylation sites (tertiary alicyclic amines) is 1. The van der Waals surface area contributed by atoms with Crippen LogP contribution in [0.25, 0.3) is 0 Å². The molecule has 0 radical (unpaired) electrons. The molecule has 1 heterocycles. The lowest BCUT2D eigenvalue weighted by atomic mass is 9.96. The van der Waals surface area contributed by atoms with Crippen molar-refractivity contribution in [2.24, 2.45) is 11.7 Å². The van der Waals surface area contributed by atoms with Crippen molar-refractivity contribution in [2.75, 3.05) is 19.6 Å². The Balaban J connectivity index is 1.87. The maximum atomic E-state index is 12.1. The molecule has 2 rings (SSSR count). The predicted molar refractivity (Wildman–Crippen MR) is 73.4 cm³/mol. The lowest BCUT2D eigenvalue weighted by Crippen LogP contribution is -2.55. The SMILES string of the molecule is CC(CN)(NC(=O)CN1CCCCCC1=O)C1CC1. The van der Waals surface area contributed by atoms with E-state index in [1.807, 2.05) is 6.92 Å². The first-order chi connectivity index (χ1) is 9.05. The van der Waals surface area contributed by atoms with Gasteiger partial charge < -0.3 is 16.0 Å². The molecule has 0 bridgehead atoms. The van der Waals surface area contributed by atoms with Gasteiger partial charge in [-0.3, -0.25) is 9.59 Å². The van der Waals surface area contributed by atoms with Crippen LogP contribution in [0, 0.1) is 5.92 Å². The minimum atomic E-state index is -0.300. The summed E-state index contributed by atoms with van der Waals surface area (Å²) < 4.78 is 0. The third-order valence-corrected chi connectivity index (χ3v) is 4.33. The Morgan fingerprint density at radius 1 is 1.42 bits per heavy atom. The molecule has 0 aromatic carbocycles. The van der Waals surface area contributed by atoms with Gasteiger partial charge in [0, 0.05) is 19.5 Å². The van der Waals surface area contributed by atoms with Crippen molar-refractivity contribution in [2.45, 2.75) is 51.0 Å². The van der Waals surface area contributed by atoms with Crippen molar-refractivity contribution >= 4 is 11.8 Å². The van der Waals surface area contributed by atoms with Crippen LogP contribution in [0.3, 0.4) is 0 Å². The number of nitrogens with one attached hydrogen (secondary N) is 1. The monoisotopic (exact) mass is 267 g/mol. The van der Waals surface area contributed by atoms with E-state index >= 15 is 0 Å². The molecule has 3 N–H and O–H groups in total. The van der Waals surface area contributed by atoms with Crippen LogP contribution < -0.4 is 11.1 Å². The zero-order valence-corrected chi connectivity index (χ0v) is 11.8. The van der Waals surface area contributed by atoms with E-state index < -0.39 is 0 Å². The maximum Gasteiger partial charge on any atom is 0.240 e. The summed E-state index contributed by atoms with van der Waals surface area (Å²) in [4.78, 5) is 25.7. The van der Waals surface area contributed by atoms with Gasteiger partial charge in [-0.25, -0.2) is 0 Å². The second-order valence-corrected chi connectivity index (χ2v) is 6.07. The number of carbonyl (C=O) groups excluding carboxylic acids is 2. The summed E-state index contributed by atoms with van der Waals surface area (Å²) in [6, 6.07) is 0. The van der Waals surface area contributed by atoms with Crippen molar-refractivity contribution in [3.8, 4) is 0 Å². The first kappa shape index (κ1) is 14.3. The second-order valence-electron chi connectivity index (χ2n) is 6.07. The summed E-state index contributed by atoms with van der Waals surface area (Å²) in [5, 5.41) is 3.04. The van der Waals surface area contributed by atoms with E-state index in [2.05, 4.69) is 5.32 Å². The van der Waals surface area contributed by atoms with Gasteiger partial charge in [-0.2, -0.15) is 0 Å². The lowest BCUT2D eigenvalue weighted by molar-refractivity contribution is -0.136. The van der Waals surface area contributed by atoms with Crippen molar-refractivity contribution in [3.05, 3.63) is 0 Å². The molecular weight excluding hydrogens is 242 g/mol. The van der Waals surface area contributed by atoms with Crippen LogP contribution in [-0.4, -0.2) is 41.9 Å². The molecule has 2 fully saturated rings. The number of amides is 2. The van der Waals surface area contributed by atoms with Crippen LogP contribution >= 0.6 is 0 Å². The van der Waals surface area contributed by atoms with E-state index in [-0.39, 0.29) is 23.9 Å². The fourth-order valence-corrected chi connectivity index (χ4v) is 2.78. The average molecular weight is 267 g/mol. The Bertz CT molecular complexity index is 355. The molecule has 0 aromatic heterocycles. The molecule has 1 saturated carbocycles. The van der Waals surface area contributed by atoms with E-state index in [9.17, 15) is 9.59 Å². The van der Waals surface area contributed by atoms with E-state index in [4.69, 9.17) is 5.73 Å². The Kier molecular flexibility index (Phi) is 4.45. The summed E-state index contributed by atoms with van der Waals surface area (Å²) in [7, 11) is 0. The van der Waals surface area contributed by atoms with Gasteiger partial charge in [0.2, 0.25) is 11.8 Å². The Hall–Kier alpha value is -1.10. The molecule has 19 heavy (non-hydrogen) atoms. The molecule has 0 aromatic rings. The van der Waals surface area contributed by atoms with Gasteiger partial charge >= 0.3 is 0 Å². The summed E-state index contributed by atoms with van der Waals surface area (Å²) in [6.45, 7) is 3.35. The molecule has 5 nitrogen and oxygen atoms in total. The number of nitrogens with zero attached hydrogens (tertiary/aromatic N) is 1. The number of carbonyl (C=O) groups is 2. The lowest BCUT2D eigenvalue weighted by Gasteiger charge is -2.31. The van der Waals surface area contributed by atoms with Gasteiger partial charge in [0.15, 0.2) is 0 Å². The summed E-state index contributed by atoms with van der Waals surface area (Å²) in [5.41, 5.74) is 5.49. The zero-order chi connectivity index (χ0) is 13.9. The van der Waals surface area contributed by atoms with Gasteiger partial charge in [0.05, 0.1) is 12.1 Å². The minimum Gasteiger partial charge on any atom is -0.348 e. The van der Waals surface area contributed by atoms with Gasteiger partial charge in [0.1, 0.15) is 0 Å². The molecule has 1 unspecified atom stereocenters. The second kappa shape index (κ2) is 5.90. The highest BCUT2D eigenvalue weighted by Gasteiger charge is 2.41. The third kappa shape index (κ3) is 3.69. The number of hydrogen-bond donors (Lipinski definition) is 2. The molecule has 1 aliphatic heterocycles. The van der Waals surface area contributed by atoms with Crippen molar-refractivity contribution < 1.29 is 9.59 Å². The molecule has 5 heteroatoms. The van der Waals surface area contributed by atoms with Gasteiger partial charge in [0.25, 0.3) is 0 Å². The van der Waals surface area contributed by atoms with E-state index in [0.717, 1.165) is 32.1 Å². The van der Waals surface area contributed by atoms with Crippen LogP contribution in [0.1, 0.15) is 45.4 Å². The van der Waals surface area contributed by atoms with Gasteiger partial charge in [-0.05, 0) is 38.5 Å². The quantitative estimate of drug-likeness (QED) is 0.767. The molecule has 1 saturated heterocycles. The van der Waals surface area contributed by atoms with Crippen LogP contribution in [-0.2, 0) is 9.59 Å². The van der Waals surface area contributed by atoms with E-state index in [1.165, 1.54) is 0 Å². The molecule has 2 amide bonds. The fourth-order valence-electron chi connectivity index (χ4n) is 2.78. The predicted octanol–water partition coefficient (Wildman–Crippen LogP) is 0.633. The van der Waals surface area contributed by atoms with Crippen LogP contribution in [0.15, 0.2) is 0 Å². The van der Waals surface area contributed by atoms with Crippen LogP contribution in [0.4, 0.5) is 0 Å². The highest BCUT2D eigenvalue weighted by Crippen LogP contribution is 2.38. The molecule has 0 spiro atoms. The smallest absolute Gasteiger partial charge is 0.240 e. The minimum absolute atomic E-state index is 0.0740. The largest absolute Gasteiger partial charge is 0.348 e. The third-order valence-electron chi connectivity index (χ3n) is 4.33. The Morgan fingerprint density at radius 2 is 2.16 bits per heavy atom. The van der Waals surface area contributed by atoms with Crippen LogP contribution in [0.2, 0.25) is 0 Å². The molecule has 2 aliphatic rings. The first-order valence-corrected chi connectivity index (χ1v) is 7.34. The van der Waals surface area contributed by atoms with Gasteiger partial charge in [-0.1, -0.05) is 6.42 Å². The first-order valence-electron chi connectivity index (χ1n) is 7.34. The van der Waals surface area contributed by atoms with Crippen molar-refractivity contribution in [1.29, 1.82) is 0 Å². The van der Waals surface area contributed by atoms with Crippen molar-refractivity contribution in [3.63, 3.8) is 0 Å². The van der Waals surface area contributed by atoms with Gasteiger partial charge in [-0.15, -0.1) is 0 Å². The average Bonchev–Trinajstić information content (AvgIpc) is 3.20. The Labute approximate surface area is 114 Å². The molecule has 108 valence electrons. The number of nitrogens with two attached hydrogens (primary N) is 1. The highest BCUT2D eigenvalue weighted by atomic mass is 16.2. The Morgan fingerprint density at radius 3 is 2.79 bits per heavy atom. The topological polar surface area (TPSA) is 75.4 Å². The number of rotatable bonds is 5. The van der Waals surface area contributed by atoms with E-state index in [0.29, 0.717) is 25.4 Å². The highest BCUT2D eigenvalue weighted by molar-refractivity contribution is 5.85. The molecule has 1 atom stereocenters. The molecular formula is C14H25N3O2. The van der Waals surface area contributed by atoms with E-state index in [1.54, 1.807) is 4.90 Å². The number of hydrogen-bond acceptors (Lipinski definition) is 3. The summed E-state index contributed by atoms with van der Waals surface area (Å²) in [6.07, 6.45) is 5.86. The zero-order valence-electron chi connectivity index (χ0n) is 11.8. The van der Waals surface area contributed by atoms with Crippen molar-refractivity contribution in [1.82, 2.24) is 10.2 Å². The standard InChI is InChI=1S/C14H25N3O2/c1-14(10-15,11-6-7-11)16-12(18)9-17-8-4-2-3-5-13(17)19/h11H,2-10,15H2,1H3,(H,16,18). The van der Waals surface area contributed by atoms with Crippen LogP contribution in [0.5, 0.6) is 0 Å². The summed E-state index contributed by atoms with van der Waals surface area (Å²) >= 11 is 0. The normalized spacial score (nSPS) is 23.7. The maximum absolute atomic E-state index is 12.1.